The third kappa shape index (κ3) is 3.16. The van der Waals surface area contributed by atoms with Gasteiger partial charge < -0.3 is 5.32 Å². The Bertz CT molecular complexity index is 679. The number of fused-ring (bicyclic) bond motifs is 2. The number of carbonyl (C=O) groups is 1. The van der Waals surface area contributed by atoms with Gasteiger partial charge in [-0.05, 0) is 42.6 Å². The van der Waals surface area contributed by atoms with Crippen LogP contribution >= 0.6 is 0 Å². The van der Waals surface area contributed by atoms with Gasteiger partial charge in [0, 0.05) is 12.5 Å². The SMILES string of the molecule is O=C(CC1CC2CCC1C2)Nc1ccnn1Cc1ccccc1. The largest absolute Gasteiger partial charge is 0.311 e. The van der Waals surface area contributed by atoms with Crippen molar-refractivity contribution in [3.63, 3.8) is 0 Å². The van der Waals surface area contributed by atoms with Crippen LogP contribution in [0.3, 0.4) is 0 Å². The van der Waals surface area contributed by atoms with Crippen molar-refractivity contribution in [3.05, 3.63) is 48.2 Å². The number of hydrogen-bond acceptors (Lipinski definition) is 2. The maximum atomic E-state index is 12.4. The number of anilines is 1. The summed E-state index contributed by atoms with van der Waals surface area (Å²) in [6.45, 7) is 0.678. The second-order valence-corrected chi connectivity index (χ2v) is 7.05. The molecular formula is C19H23N3O. The first-order valence-electron chi connectivity index (χ1n) is 8.63. The van der Waals surface area contributed by atoms with E-state index < -0.39 is 0 Å². The number of carbonyl (C=O) groups excluding carboxylic acids is 1. The molecule has 2 aliphatic carbocycles. The van der Waals surface area contributed by atoms with E-state index >= 15 is 0 Å². The monoisotopic (exact) mass is 309 g/mol. The Labute approximate surface area is 136 Å². The summed E-state index contributed by atoms with van der Waals surface area (Å²) in [4.78, 5) is 12.4. The molecule has 120 valence electrons. The fourth-order valence-electron chi connectivity index (χ4n) is 4.38. The molecule has 4 nitrogen and oxygen atoms in total. The van der Waals surface area contributed by atoms with Crippen molar-refractivity contribution in [3.8, 4) is 0 Å². The summed E-state index contributed by atoms with van der Waals surface area (Å²) >= 11 is 0. The van der Waals surface area contributed by atoms with Crippen LogP contribution in [0.1, 0.15) is 37.7 Å². The molecule has 23 heavy (non-hydrogen) atoms. The van der Waals surface area contributed by atoms with Gasteiger partial charge in [-0.3, -0.25) is 4.79 Å². The fourth-order valence-corrected chi connectivity index (χ4v) is 4.38. The number of amides is 1. The van der Waals surface area contributed by atoms with E-state index in [0.29, 0.717) is 18.9 Å². The molecule has 3 atom stereocenters. The minimum Gasteiger partial charge on any atom is -0.311 e. The van der Waals surface area contributed by atoms with Gasteiger partial charge >= 0.3 is 0 Å². The predicted molar refractivity (Wildman–Crippen MR) is 90.0 cm³/mol. The van der Waals surface area contributed by atoms with Crippen molar-refractivity contribution in [1.82, 2.24) is 9.78 Å². The highest BCUT2D eigenvalue weighted by atomic mass is 16.1. The van der Waals surface area contributed by atoms with Gasteiger partial charge in [-0.2, -0.15) is 5.10 Å². The summed E-state index contributed by atoms with van der Waals surface area (Å²) in [6.07, 6.45) is 7.72. The third-order valence-corrected chi connectivity index (χ3v) is 5.49. The van der Waals surface area contributed by atoms with E-state index in [2.05, 4.69) is 22.5 Å². The first kappa shape index (κ1) is 14.5. The normalized spacial score (nSPS) is 25.7. The lowest BCUT2D eigenvalue weighted by molar-refractivity contribution is -0.117. The average molecular weight is 309 g/mol. The Balaban J connectivity index is 1.37. The smallest absolute Gasteiger partial charge is 0.225 e. The van der Waals surface area contributed by atoms with Gasteiger partial charge in [-0.15, -0.1) is 0 Å². The molecule has 1 N–H and O–H groups in total. The van der Waals surface area contributed by atoms with E-state index in [1.165, 1.54) is 31.2 Å². The molecule has 0 saturated heterocycles. The van der Waals surface area contributed by atoms with Gasteiger partial charge in [-0.25, -0.2) is 4.68 Å². The molecule has 1 heterocycles. The molecule has 0 radical (unpaired) electrons. The number of nitrogens with zero attached hydrogens (tertiary/aromatic N) is 2. The van der Waals surface area contributed by atoms with E-state index in [1.807, 2.05) is 28.9 Å². The van der Waals surface area contributed by atoms with Gasteiger partial charge in [0.2, 0.25) is 5.91 Å². The zero-order valence-electron chi connectivity index (χ0n) is 13.3. The van der Waals surface area contributed by atoms with Crippen molar-refractivity contribution < 1.29 is 4.79 Å². The second kappa shape index (κ2) is 6.19. The molecule has 0 aliphatic heterocycles. The van der Waals surface area contributed by atoms with Crippen molar-refractivity contribution in [2.75, 3.05) is 5.32 Å². The molecule has 4 rings (SSSR count). The zero-order chi connectivity index (χ0) is 15.6. The number of aromatic nitrogens is 2. The summed E-state index contributed by atoms with van der Waals surface area (Å²) in [5, 5.41) is 7.40. The first-order valence-corrected chi connectivity index (χ1v) is 8.63. The molecule has 2 aliphatic rings. The molecule has 1 amide bonds. The topological polar surface area (TPSA) is 46.9 Å². The predicted octanol–water partition coefficient (Wildman–Crippen LogP) is 3.70. The van der Waals surface area contributed by atoms with Crippen LogP contribution in [0.2, 0.25) is 0 Å². The van der Waals surface area contributed by atoms with Crippen molar-refractivity contribution >= 4 is 11.7 Å². The van der Waals surface area contributed by atoms with Gasteiger partial charge in [-0.1, -0.05) is 36.8 Å². The van der Waals surface area contributed by atoms with Crippen LogP contribution in [0.15, 0.2) is 42.6 Å². The Kier molecular flexibility index (Phi) is 3.90. The average Bonchev–Trinajstić information content (AvgIpc) is 3.26. The summed E-state index contributed by atoms with van der Waals surface area (Å²) < 4.78 is 1.86. The van der Waals surface area contributed by atoms with Crippen LogP contribution in [0.4, 0.5) is 5.82 Å². The van der Waals surface area contributed by atoms with Crippen LogP contribution in [-0.4, -0.2) is 15.7 Å². The van der Waals surface area contributed by atoms with Gasteiger partial charge in [0.15, 0.2) is 0 Å². The third-order valence-electron chi connectivity index (χ3n) is 5.49. The minimum absolute atomic E-state index is 0.136. The summed E-state index contributed by atoms with van der Waals surface area (Å²) in [5.41, 5.74) is 1.18. The molecule has 3 unspecified atom stereocenters. The Morgan fingerprint density at radius 2 is 2.04 bits per heavy atom. The lowest BCUT2D eigenvalue weighted by Gasteiger charge is -2.21. The van der Waals surface area contributed by atoms with Gasteiger partial charge in [0.1, 0.15) is 5.82 Å². The Morgan fingerprint density at radius 3 is 2.78 bits per heavy atom. The lowest BCUT2D eigenvalue weighted by atomic mass is 9.86. The quantitative estimate of drug-likeness (QED) is 0.915. The van der Waals surface area contributed by atoms with Crippen molar-refractivity contribution in [2.24, 2.45) is 17.8 Å². The molecular weight excluding hydrogens is 286 g/mol. The maximum Gasteiger partial charge on any atom is 0.225 e. The molecule has 0 spiro atoms. The lowest BCUT2D eigenvalue weighted by Crippen LogP contribution is -2.21. The highest BCUT2D eigenvalue weighted by molar-refractivity contribution is 5.90. The molecule has 2 fully saturated rings. The van der Waals surface area contributed by atoms with Crippen molar-refractivity contribution in [2.45, 2.75) is 38.6 Å². The zero-order valence-corrected chi connectivity index (χ0v) is 13.3. The van der Waals surface area contributed by atoms with Crippen LogP contribution in [0.5, 0.6) is 0 Å². The molecule has 1 aromatic heterocycles. The van der Waals surface area contributed by atoms with Crippen LogP contribution in [0.25, 0.3) is 0 Å². The molecule has 4 heteroatoms. The molecule has 2 saturated carbocycles. The Morgan fingerprint density at radius 1 is 1.17 bits per heavy atom. The summed E-state index contributed by atoms with van der Waals surface area (Å²) in [5.74, 6) is 3.21. The second-order valence-electron chi connectivity index (χ2n) is 7.05. The van der Waals surface area contributed by atoms with E-state index in [9.17, 15) is 4.79 Å². The van der Waals surface area contributed by atoms with E-state index in [1.54, 1.807) is 6.20 Å². The fraction of sp³-hybridized carbons (Fsp3) is 0.474. The van der Waals surface area contributed by atoms with Gasteiger partial charge in [0.05, 0.1) is 12.7 Å². The number of hydrogen-bond donors (Lipinski definition) is 1. The Hall–Kier alpha value is -2.10. The van der Waals surface area contributed by atoms with E-state index in [-0.39, 0.29) is 5.91 Å². The number of rotatable bonds is 5. The van der Waals surface area contributed by atoms with E-state index in [0.717, 1.165) is 17.7 Å². The van der Waals surface area contributed by atoms with E-state index in [4.69, 9.17) is 0 Å². The number of benzene rings is 1. The maximum absolute atomic E-state index is 12.4. The van der Waals surface area contributed by atoms with Crippen LogP contribution < -0.4 is 5.32 Å². The van der Waals surface area contributed by atoms with Crippen LogP contribution in [0, 0.1) is 17.8 Å². The summed E-state index contributed by atoms with van der Waals surface area (Å²) in [6, 6.07) is 12.1. The molecule has 2 bridgehead atoms. The molecule has 1 aromatic carbocycles. The summed E-state index contributed by atoms with van der Waals surface area (Å²) in [7, 11) is 0. The van der Waals surface area contributed by atoms with Gasteiger partial charge in [0.25, 0.3) is 0 Å². The number of nitrogens with one attached hydrogen (secondary N) is 1. The highest BCUT2D eigenvalue weighted by Gasteiger charge is 2.40. The van der Waals surface area contributed by atoms with Crippen LogP contribution in [-0.2, 0) is 11.3 Å². The standard InChI is InChI=1S/C19H23N3O/c23-19(12-17-11-15-6-7-16(17)10-15)21-18-8-9-20-22(18)13-14-4-2-1-3-5-14/h1-5,8-9,15-17H,6-7,10-13H2,(H,21,23). The van der Waals surface area contributed by atoms with Crippen molar-refractivity contribution in [1.29, 1.82) is 0 Å². The minimum atomic E-state index is 0.136. The first-order chi connectivity index (χ1) is 11.3. The molecule has 2 aromatic rings. The highest BCUT2D eigenvalue weighted by Crippen LogP contribution is 2.49.